The van der Waals surface area contributed by atoms with Crippen LogP contribution in [0, 0.1) is 11.8 Å². The number of para-hydroxylation sites is 1. The molecule has 3 rings (SSSR count). The van der Waals surface area contributed by atoms with Crippen LogP contribution >= 0.6 is 0 Å². The fourth-order valence-electron chi connectivity index (χ4n) is 3.64. The molecule has 6 nitrogen and oxygen atoms in total. The fourth-order valence-corrected chi connectivity index (χ4v) is 3.64. The van der Waals surface area contributed by atoms with E-state index in [0.29, 0.717) is 32.7 Å². The number of rotatable bonds is 13. The third-order valence-electron chi connectivity index (χ3n) is 5.57. The smallest absolute Gasteiger partial charge is 0.305 e. The standard InChI is InChI=1S/C29H36O6/c1-31-28(30)19-18-26(35-29-17-5-6-22-34-29)15-9-11-24-12-10-16-27(23-24)33-21-8-7-20-32-25-13-3-2-4-14-25/h2-4,10,12-14,16,23,26,29H,5-8,11,17-22H2,1H3. The first kappa shape index (κ1) is 26.6. The lowest BCUT2D eigenvalue weighted by Gasteiger charge is -2.25. The fraction of sp³-hybridized carbons (Fsp3) is 0.483. The monoisotopic (exact) mass is 480 g/mol. The van der Waals surface area contributed by atoms with Gasteiger partial charge in [0.1, 0.15) is 17.6 Å². The summed E-state index contributed by atoms with van der Waals surface area (Å²) in [6.07, 6.45) is 5.54. The summed E-state index contributed by atoms with van der Waals surface area (Å²) in [5.74, 6) is 7.85. The number of hydrogen-bond donors (Lipinski definition) is 0. The van der Waals surface area contributed by atoms with Crippen molar-refractivity contribution in [3.63, 3.8) is 0 Å². The molecule has 0 spiro atoms. The Kier molecular flexibility index (Phi) is 12.0. The zero-order valence-corrected chi connectivity index (χ0v) is 20.6. The van der Waals surface area contributed by atoms with Crippen LogP contribution in [0.15, 0.2) is 54.6 Å². The Bertz CT molecular complexity index is 927. The quantitative estimate of drug-likeness (QED) is 0.219. The molecule has 0 amide bonds. The SMILES string of the molecule is COC(=O)CCC(C#CCc1cccc(OCCCCOc2ccccc2)c1)OC1CCCCO1. The molecule has 0 radical (unpaired) electrons. The summed E-state index contributed by atoms with van der Waals surface area (Å²) in [6, 6.07) is 17.8. The molecule has 1 heterocycles. The summed E-state index contributed by atoms with van der Waals surface area (Å²) < 4.78 is 28.1. The summed E-state index contributed by atoms with van der Waals surface area (Å²) >= 11 is 0. The molecular formula is C29H36O6. The third kappa shape index (κ3) is 10.9. The number of methoxy groups -OCH3 is 1. The zero-order chi connectivity index (χ0) is 24.6. The molecule has 1 saturated heterocycles. The lowest BCUT2D eigenvalue weighted by molar-refractivity contribution is -0.178. The second-order valence-corrected chi connectivity index (χ2v) is 8.40. The van der Waals surface area contributed by atoms with Gasteiger partial charge in [0.25, 0.3) is 0 Å². The molecule has 2 atom stereocenters. The van der Waals surface area contributed by atoms with Crippen LogP contribution in [0.5, 0.6) is 11.5 Å². The number of esters is 1. The number of carbonyl (C=O) groups excluding carboxylic acids is 1. The molecule has 35 heavy (non-hydrogen) atoms. The van der Waals surface area contributed by atoms with Crippen LogP contribution in [0.2, 0.25) is 0 Å². The van der Waals surface area contributed by atoms with Gasteiger partial charge in [-0.25, -0.2) is 0 Å². The summed E-state index contributed by atoms with van der Waals surface area (Å²) in [5, 5.41) is 0. The van der Waals surface area contributed by atoms with E-state index in [1.165, 1.54) is 7.11 Å². The molecular weight excluding hydrogens is 444 g/mol. The highest BCUT2D eigenvalue weighted by molar-refractivity contribution is 5.69. The molecule has 1 fully saturated rings. The zero-order valence-electron chi connectivity index (χ0n) is 20.6. The van der Waals surface area contributed by atoms with Crippen LogP contribution in [0.4, 0.5) is 0 Å². The maximum atomic E-state index is 11.6. The van der Waals surface area contributed by atoms with Gasteiger partial charge in [-0.2, -0.15) is 0 Å². The lowest BCUT2D eigenvalue weighted by Crippen LogP contribution is -2.27. The van der Waals surface area contributed by atoms with Crippen LogP contribution in [0.1, 0.15) is 50.5 Å². The highest BCUT2D eigenvalue weighted by Crippen LogP contribution is 2.18. The summed E-state index contributed by atoms with van der Waals surface area (Å²) in [5.41, 5.74) is 1.07. The Morgan fingerprint density at radius 2 is 1.80 bits per heavy atom. The van der Waals surface area contributed by atoms with Crippen molar-refractivity contribution in [3.8, 4) is 23.3 Å². The third-order valence-corrected chi connectivity index (χ3v) is 5.57. The first-order chi connectivity index (χ1) is 17.2. The van der Waals surface area contributed by atoms with Crippen LogP contribution in [0.25, 0.3) is 0 Å². The second kappa shape index (κ2) is 15.8. The van der Waals surface area contributed by atoms with E-state index in [4.69, 9.17) is 23.7 Å². The van der Waals surface area contributed by atoms with E-state index >= 15 is 0 Å². The molecule has 0 N–H and O–H groups in total. The average molecular weight is 481 g/mol. The van der Waals surface area contributed by atoms with Crippen molar-refractivity contribution in [3.05, 3.63) is 60.2 Å². The number of benzene rings is 2. The minimum atomic E-state index is -0.366. The molecule has 0 aromatic heterocycles. The molecule has 1 aliphatic heterocycles. The van der Waals surface area contributed by atoms with Crippen LogP contribution in [0.3, 0.4) is 0 Å². The predicted octanol–water partition coefficient (Wildman–Crippen LogP) is 5.34. The van der Waals surface area contributed by atoms with Gasteiger partial charge in [0.2, 0.25) is 0 Å². The van der Waals surface area contributed by atoms with Gasteiger partial charge in [0.05, 0.1) is 20.3 Å². The molecule has 0 aliphatic carbocycles. The van der Waals surface area contributed by atoms with Gasteiger partial charge in [-0.15, -0.1) is 0 Å². The van der Waals surface area contributed by atoms with E-state index in [0.717, 1.165) is 49.2 Å². The number of hydrogen-bond acceptors (Lipinski definition) is 6. The topological polar surface area (TPSA) is 63.2 Å². The van der Waals surface area contributed by atoms with Crippen molar-refractivity contribution in [2.24, 2.45) is 0 Å². The van der Waals surface area contributed by atoms with Crippen molar-refractivity contribution < 1.29 is 28.5 Å². The van der Waals surface area contributed by atoms with Crippen LogP contribution < -0.4 is 9.47 Å². The molecule has 188 valence electrons. The Hall–Kier alpha value is -3.01. The average Bonchev–Trinajstić information content (AvgIpc) is 2.90. The molecule has 0 bridgehead atoms. The Labute approximate surface area is 208 Å². The van der Waals surface area contributed by atoms with Crippen molar-refractivity contribution in [2.75, 3.05) is 26.9 Å². The van der Waals surface area contributed by atoms with Gasteiger partial charge in [0, 0.05) is 19.4 Å². The Balaban J connectivity index is 1.42. The molecule has 0 saturated carbocycles. The van der Waals surface area contributed by atoms with Crippen molar-refractivity contribution in [1.82, 2.24) is 0 Å². The number of unbranched alkanes of at least 4 members (excludes halogenated alkanes) is 1. The van der Waals surface area contributed by atoms with Gasteiger partial charge >= 0.3 is 5.97 Å². The van der Waals surface area contributed by atoms with Crippen molar-refractivity contribution >= 4 is 5.97 Å². The number of ether oxygens (including phenoxy) is 5. The maximum absolute atomic E-state index is 11.6. The molecule has 2 unspecified atom stereocenters. The Morgan fingerprint density at radius 1 is 1.03 bits per heavy atom. The minimum Gasteiger partial charge on any atom is -0.494 e. The highest BCUT2D eigenvalue weighted by Gasteiger charge is 2.19. The van der Waals surface area contributed by atoms with E-state index in [2.05, 4.69) is 11.8 Å². The van der Waals surface area contributed by atoms with Crippen LogP contribution in [-0.2, 0) is 25.4 Å². The van der Waals surface area contributed by atoms with Gasteiger partial charge < -0.3 is 23.7 Å². The Morgan fingerprint density at radius 3 is 2.54 bits per heavy atom. The van der Waals surface area contributed by atoms with Gasteiger partial charge in [0.15, 0.2) is 6.29 Å². The lowest BCUT2D eigenvalue weighted by atomic mass is 10.1. The van der Waals surface area contributed by atoms with Crippen LogP contribution in [-0.4, -0.2) is 45.3 Å². The van der Waals surface area contributed by atoms with Gasteiger partial charge in [-0.3, -0.25) is 4.79 Å². The second-order valence-electron chi connectivity index (χ2n) is 8.40. The first-order valence-corrected chi connectivity index (χ1v) is 12.4. The molecule has 2 aromatic rings. The maximum Gasteiger partial charge on any atom is 0.305 e. The highest BCUT2D eigenvalue weighted by atomic mass is 16.7. The predicted molar refractivity (Wildman–Crippen MR) is 134 cm³/mol. The first-order valence-electron chi connectivity index (χ1n) is 12.4. The molecule has 6 heteroatoms. The minimum absolute atomic E-state index is 0.254. The van der Waals surface area contributed by atoms with E-state index < -0.39 is 0 Å². The number of carbonyl (C=O) groups is 1. The van der Waals surface area contributed by atoms with Gasteiger partial charge in [-0.1, -0.05) is 42.2 Å². The van der Waals surface area contributed by atoms with E-state index in [1.807, 2.05) is 54.6 Å². The van der Waals surface area contributed by atoms with E-state index in [-0.39, 0.29) is 24.8 Å². The molecule has 2 aromatic carbocycles. The van der Waals surface area contributed by atoms with Gasteiger partial charge in [-0.05, 0) is 68.4 Å². The van der Waals surface area contributed by atoms with Crippen molar-refractivity contribution in [1.29, 1.82) is 0 Å². The van der Waals surface area contributed by atoms with E-state index in [9.17, 15) is 4.79 Å². The van der Waals surface area contributed by atoms with Crippen molar-refractivity contribution in [2.45, 2.75) is 63.8 Å². The normalized spacial score (nSPS) is 16.0. The summed E-state index contributed by atoms with van der Waals surface area (Å²) in [6.45, 7) is 2.01. The largest absolute Gasteiger partial charge is 0.494 e. The summed E-state index contributed by atoms with van der Waals surface area (Å²) in [7, 11) is 1.39. The molecule has 1 aliphatic rings. The summed E-state index contributed by atoms with van der Waals surface area (Å²) in [4.78, 5) is 11.6. The van der Waals surface area contributed by atoms with E-state index in [1.54, 1.807) is 0 Å².